The van der Waals surface area contributed by atoms with Crippen molar-refractivity contribution >= 4 is 23.2 Å². The zero-order valence-corrected chi connectivity index (χ0v) is 19.9. The summed E-state index contributed by atoms with van der Waals surface area (Å²) >= 11 is 0. The quantitative estimate of drug-likeness (QED) is 0.561. The molecule has 8 heteroatoms. The van der Waals surface area contributed by atoms with Crippen LogP contribution >= 0.6 is 0 Å². The maximum atomic E-state index is 13.3. The number of nitrogens with zero attached hydrogens (tertiary/aromatic N) is 5. The number of hydrogen-bond acceptors (Lipinski definition) is 5. The first-order valence-electron chi connectivity index (χ1n) is 11.8. The first-order valence-corrected chi connectivity index (χ1v) is 11.8. The molecule has 0 radical (unpaired) electrons. The van der Waals surface area contributed by atoms with E-state index in [0.717, 1.165) is 42.8 Å². The van der Waals surface area contributed by atoms with Crippen molar-refractivity contribution in [2.75, 3.05) is 26.2 Å². The molecule has 3 aromatic rings. The average Bonchev–Trinajstić information content (AvgIpc) is 3.43. The molecule has 2 aliphatic rings. The van der Waals surface area contributed by atoms with Crippen LogP contribution in [0.15, 0.2) is 36.5 Å². The number of fused-ring (bicyclic) bond motifs is 1. The topological polar surface area (TPSA) is 87.9 Å². The molecule has 2 aliphatic heterocycles. The van der Waals surface area contributed by atoms with Crippen molar-refractivity contribution in [3.05, 3.63) is 64.6 Å². The summed E-state index contributed by atoms with van der Waals surface area (Å²) < 4.78 is 1.74. The van der Waals surface area contributed by atoms with Gasteiger partial charge < -0.3 is 9.80 Å². The lowest BCUT2D eigenvalue weighted by atomic mass is 9.77. The van der Waals surface area contributed by atoms with Gasteiger partial charge in [0, 0.05) is 49.6 Å². The van der Waals surface area contributed by atoms with Gasteiger partial charge in [0.25, 0.3) is 11.8 Å². The highest BCUT2D eigenvalue weighted by Crippen LogP contribution is 2.41. The van der Waals surface area contributed by atoms with Crippen LogP contribution in [-0.2, 0) is 0 Å². The van der Waals surface area contributed by atoms with E-state index in [0.29, 0.717) is 36.3 Å². The van der Waals surface area contributed by atoms with Gasteiger partial charge in [-0.3, -0.25) is 14.4 Å². The van der Waals surface area contributed by atoms with E-state index in [1.807, 2.05) is 29.7 Å². The predicted molar refractivity (Wildman–Crippen MR) is 127 cm³/mol. The fourth-order valence-electron chi connectivity index (χ4n) is 5.27. The number of aromatic nitrogens is 3. The van der Waals surface area contributed by atoms with E-state index in [1.54, 1.807) is 35.0 Å². The van der Waals surface area contributed by atoms with Gasteiger partial charge in [-0.25, -0.2) is 9.50 Å². The Morgan fingerprint density at radius 1 is 0.882 bits per heavy atom. The number of hydrogen-bond donors (Lipinski definition) is 0. The Bertz CT molecular complexity index is 1290. The highest BCUT2D eigenvalue weighted by Gasteiger charge is 2.43. The molecule has 2 fully saturated rings. The van der Waals surface area contributed by atoms with E-state index >= 15 is 0 Å². The van der Waals surface area contributed by atoms with Crippen molar-refractivity contribution in [3.8, 4) is 0 Å². The van der Waals surface area contributed by atoms with Gasteiger partial charge in [-0.05, 0) is 57.6 Å². The number of aryl methyl sites for hydroxylation is 2. The minimum atomic E-state index is -0.00937. The summed E-state index contributed by atoms with van der Waals surface area (Å²) in [5.41, 5.74) is 4.29. The van der Waals surface area contributed by atoms with Crippen LogP contribution in [0.1, 0.15) is 68.6 Å². The second-order valence-corrected chi connectivity index (χ2v) is 9.72. The van der Waals surface area contributed by atoms with Crippen LogP contribution in [0, 0.1) is 19.3 Å². The molecular formula is C26H29N5O3. The summed E-state index contributed by atoms with van der Waals surface area (Å²) in [7, 11) is 0. The fourth-order valence-corrected chi connectivity index (χ4v) is 5.27. The Balaban J connectivity index is 1.24. The maximum Gasteiger partial charge on any atom is 0.257 e. The zero-order chi connectivity index (χ0) is 24.0. The number of Topliss-reactive ketones (excluding diaryl/α,β-unsaturated/α-hetero) is 1. The molecule has 5 rings (SSSR count). The second-order valence-electron chi connectivity index (χ2n) is 9.72. The van der Waals surface area contributed by atoms with Crippen molar-refractivity contribution in [2.45, 2.75) is 40.0 Å². The summed E-state index contributed by atoms with van der Waals surface area (Å²) in [6.07, 6.45) is 4.37. The summed E-state index contributed by atoms with van der Waals surface area (Å²) in [6, 6.07) is 8.78. The molecule has 1 aromatic carbocycles. The Morgan fingerprint density at radius 3 is 2.15 bits per heavy atom. The number of carbonyl (C=O) groups is 3. The van der Waals surface area contributed by atoms with Gasteiger partial charge >= 0.3 is 0 Å². The molecule has 1 spiro atoms. The number of likely N-dealkylation sites (tertiary alicyclic amines) is 2. The molecule has 0 unspecified atom stereocenters. The van der Waals surface area contributed by atoms with Gasteiger partial charge in [-0.2, -0.15) is 5.10 Å². The lowest BCUT2D eigenvalue weighted by Gasteiger charge is -2.39. The van der Waals surface area contributed by atoms with Gasteiger partial charge in [0.05, 0.1) is 17.0 Å². The van der Waals surface area contributed by atoms with Crippen molar-refractivity contribution in [3.63, 3.8) is 0 Å². The number of ketones is 1. The Hall–Kier alpha value is -3.55. The van der Waals surface area contributed by atoms with Crippen LogP contribution in [-0.4, -0.2) is 68.2 Å². The fraction of sp³-hybridized carbons (Fsp3) is 0.423. The molecule has 0 atom stereocenters. The van der Waals surface area contributed by atoms with Gasteiger partial charge in [-0.1, -0.05) is 12.1 Å². The molecule has 0 saturated carbocycles. The largest absolute Gasteiger partial charge is 0.339 e. The molecule has 2 amide bonds. The van der Waals surface area contributed by atoms with Gasteiger partial charge in [0.2, 0.25) is 0 Å². The number of piperidine rings is 1. The predicted octanol–water partition coefficient (Wildman–Crippen LogP) is 3.32. The maximum absolute atomic E-state index is 13.3. The summed E-state index contributed by atoms with van der Waals surface area (Å²) in [5, 5.41) is 4.46. The van der Waals surface area contributed by atoms with Gasteiger partial charge in [-0.15, -0.1) is 0 Å². The number of amides is 2. The van der Waals surface area contributed by atoms with Crippen LogP contribution in [0.3, 0.4) is 0 Å². The van der Waals surface area contributed by atoms with Crippen LogP contribution < -0.4 is 0 Å². The SMILES string of the molecule is CC(=O)c1ccc(C(=O)N2CCC3(CC2)CCN(C(=O)c2cnc4cc(C)nn4c2C)C3)cc1. The molecule has 2 saturated heterocycles. The van der Waals surface area contributed by atoms with E-state index < -0.39 is 0 Å². The third kappa shape index (κ3) is 3.87. The Morgan fingerprint density at radius 2 is 1.50 bits per heavy atom. The normalized spacial score (nSPS) is 17.5. The number of rotatable bonds is 3. The highest BCUT2D eigenvalue weighted by atomic mass is 16.2. The molecule has 0 N–H and O–H groups in total. The van der Waals surface area contributed by atoms with Crippen molar-refractivity contribution in [2.24, 2.45) is 5.41 Å². The molecule has 0 bridgehead atoms. The number of benzene rings is 1. The highest BCUT2D eigenvalue weighted by molar-refractivity contribution is 5.98. The molecule has 0 aliphatic carbocycles. The Kier molecular flexibility index (Phi) is 5.46. The average molecular weight is 460 g/mol. The minimum Gasteiger partial charge on any atom is -0.339 e. The van der Waals surface area contributed by atoms with Crippen molar-refractivity contribution in [1.29, 1.82) is 0 Å². The van der Waals surface area contributed by atoms with Gasteiger partial charge in [0.1, 0.15) is 0 Å². The first-order chi connectivity index (χ1) is 16.3. The molecular weight excluding hydrogens is 430 g/mol. The first kappa shape index (κ1) is 22.3. The van der Waals surface area contributed by atoms with E-state index in [4.69, 9.17) is 0 Å². The molecule has 8 nitrogen and oxygen atoms in total. The molecule has 34 heavy (non-hydrogen) atoms. The lowest BCUT2D eigenvalue weighted by molar-refractivity contribution is 0.0565. The van der Waals surface area contributed by atoms with E-state index in [2.05, 4.69) is 10.1 Å². The van der Waals surface area contributed by atoms with Crippen LogP contribution in [0.25, 0.3) is 5.65 Å². The van der Waals surface area contributed by atoms with Crippen LogP contribution in [0.5, 0.6) is 0 Å². The zero-order valence-electron chi connectivity index (χ0n) is 19.9. The molecule has 176 valence electrons. The third-order valence-electron chi connectivity index (χ3n) is 7.45. The molecule has 2 aromatic heterocycles. The smallest absolute Gasteiger partial charge is 0.257 e. The summed E-state index contributed by atoms with van der Waals surface area (Å²) in [5.74, 6) is -0.00808. The van der Waals surface area contributed by atoms with E-state index in [1.165, 1.54) is 6.92 Å². The Labute approximate surface area is 198 Å². The lowest BCUT2D eigenvalue weighted by Crippen LogP contribution is -2.44. The van der Waals surface area contributed by atoms with Crippen LogP contribution in [0.2, 0.25) is 0 Å². The van der Waals surface area contributed by atoms with E-state index in [-0.39, 0.29) is 23.0 Å². The standard InChI is InChI=1S/C26H29N5O3/c1-17-14-23-27-15-22(18(2)31(23)28-17)25(34)30-13-10-26(16-30)8-11-29(12-9-26)24(33)21-6-4-20(5-7-21)19(3)32/h4-7,14-15H,8-13,16H2,1-3H3. The molecule has 4 heterocycles. The monoisotopic (exact) mass is 459 g/mol. The van der Waals surface area contributed by atoms with Crippen molar-refractivity contribution < 1.29 is 14.4 Å². The third-order valence-corrected chi connectivity index (χ3v) is 7.45. The second kappa shape index (κ2) is 8.34. The number of carbonyl (C=O) groups excluding carboxylic acids is 3. The van der Waals surface area contributed by atoms with E-state index in [9.17, 15) is 14.4 Å². The van der Waals surface area contributed by atoms with Crippen LogP contribution in [0.4, 0.5) is 0 Å². The van der Waals surface area contributed by atoms with Crippen molar-refractivity contribution in [1.82, 2.24) is 24.4 Å². The summed E-state index contributed by atoms with van der Waals surface area (Å²) in [6.45, 7) is 8.12. The minimum absolute atomic E-state index is 0.000370. The van der Waals surface area contributed by atoms with Gasteiger partial charge in [0.15, 0.2) is 11.4 Å². The summed E-state index contributed by atoms with van der Waals surface area (Å²) in [4.78, 5) is 46.0.